The summed E-state index contributed by atoms with van der Waals surface area (Å²) in [7, 11) is 0. The first-order valence-electron chi connectivity index (χ1n) is 5.73. The van der Waals surface area contributed by atoms with Crippen LogP contribution in [-0.4, -0.2) is 0 Å². The van der Waals surface area contributed by atoms with Crippen LogP contribution < -0.4 is 0 Å². The summed E-state index contributed by atoms with van der Waals surface area (Å²) in [4.78, 5) is 0. The second kappa shape index (κ2) is 5.93. The summed E-state index contributed by atoms with van der Waals surface area (Å²) in [5, 5.41) is 18.1. The second-order valence-electron chi connectivity index (χ2n) is 3.85. The van der Waals surface area contributed by atoms with Gasteiger partial charge in [0.2, 0.25) is 0 Å². The van der Waals surface area contributed by atoms with Crippen LogP contribution >= 0.6 is 0 Å². The topological polar surface area (TPSA) is 47.6 Å². The van der Waals surface area contributed by atoms with Gasteiger partial charge in [-0.3, -0.25) is 0 Å². The van der Waals surface area contributed by atoms with E-state index in [2.05, 4.69) is 26.0 Å². The smallest absolute Gasteiger partial charge is 0.101 e. The molecular formula is C14H16N2. The van der Waals surface area contributed by atoms with E-state index in [-0.39, 0.29) is 0 Å². The lowest BCUT2D eigenvalue weighted by molar-refractivity contribution is 0.857. The summed E-state index contributed by atoms with van der Waals surface area (Å²) in [5.41, 5.74) is 3.38. The van der Waals surface area contributed by atoms with Gasteiger partial charge in [-0.2, -0.15) is 10.5 Å². The minimum absolute atomic E-state index is 0.505. The lowest BCUT2D eigenvalue weighted by Gasteiger charge is -2.10. The van der Waals surface area contributed by atoms with Crippen molar-refractivity contribution in [2.24, 2.45) is 0 Å². The monoisotopic (exact) mass is 212 g/mol. The SMILES string of the molecule is CCCc1ccc(C#N)c(C#N)c1CCC. The second-order valence-corrected chi connectivity index (χ2v) is 3.85. The molecule has 0 unspecified atom stereocenters. The van der Waals surface area contributed by atoms with Gasteiger partial charge in [0.25, 0.3) is 0 Å². The molecule has 0 heterocycles. The molecule has 2 heteroatoms. The molecule has 0 aliphatic rings. The summed E-state index contributed by atoms with van der Waals surface area (Å²) in [6, 6.07) is 8.03. The van der Waals surface area contributed by atoms with Gasteiger partial charge in [-0.1, -0.05) is 32.8 Å². The number of nitrogens with zero attached hydrogens (tertiary/aromatic N) is 2. The molecule has 0 saturated heterocycles. The van der Waals surface area contributed by atoms with Crippen LogP contribution in [0.25, 0.3) is 0 Å². The van der Waals surface area contributed by atoms with Crippen molar-refractivity contribution in [1.82, 2.24) is 0 Å². The highest BCUT2D eigenvalue weighted by Crippen LogP contribution is 2.21. The molecule has 0 atom stereocenters. The highest BCUT2D eigenvalue weighted by atomic mass is 14.3. The van der Waals surface area contributed by atoms with E-state index in [4.69, 9.17) is 10.5 Å². The van der Waals surface area contributed by atoms with E-state index in [0.29, 0.717) is 11.1 Å². The molecular weight excluding hydrogens is 196 g/mol. The molecule has 0 amide bonds. The highest BCUT2D eigenvalue weighted by molar-refractivity contribution is 5.53. The molecule has 2 nitrogen and oxygen atoms in total. The first kappa shape index (κ1) is 12.3. The zero-order valence-electron chi connectivity index (χ0n) is 9.88. The maximum Gasteiger partial charge on any atom is 0.101 e. The Morgan fingerprint density at radius 1 is 1.00 bits per heavy atom. The third kappa shape index (κ3) is 2.41. The van der Waals surface area contributed by atoms with E-state index in [1.807, 2.05) is 6.07 Å². The van der Waals surface area contributed by atoms with Crippen LogP contribution in [0.5, 0.6) is 0 Å². The van der Waals surface area contributed by atoms with Crippen molar-refractivity contribution >= 4 is 0 Å². The van der Waals surface area contributed by atoms with Crippen molar-refractivity contribution in [2.75, 3.05) is 0 Å². The van der Waals surface area contributed by atoms with Crippen molar-refractivity contribution in [3.63, 3.8) is 0 Å². The Hall–Kier alpha value is -1.80. The predicted molar refractivity (Wildman–Crippen MR) is 63.9 cm³/mol. The van der Waals surface area contributed by atoms with Gasteiger partial charge in [0.05, 0.1) is 11.1 Å². The summed E-state index contributed by atoms with van der Waals surface area (Å²) in [6.45, 7) is 4.22. The van der Waals surface area contributed by atoms with E-state index >= 15 is 0 Å². The van der Waals surface area contributed by atoms with Crippen LogP contribution in [0.15, 0.2) is 12.1 Å². The van der Waals surface area contributed by atoms with Gasteiger partial charge in [0.1, 0.15) is 12.1 Å². The molecule has 0 aliphatic heterocycles. The van der Waals surface area contributed by atoms with Gasteiger partial charge >= 0.3 is 0 Å². The molecule has 0 bridgehead atoms. The van der Waals surface area contributed by atoms with Crippen LogP contribution in [0, 0.1) is 22.7 Å². The van der Waals surface area contributed by atoms with Crippen molar-refractivity contribution in [1.29, 1.82) is 10.5 Å². The Labute approximate surface area is 97.1 Å². The van der Waals surface area contributed by atoms with Gasteiger partial charge in [-0.15, -0.1) is 0 Å². The van der Waals surface area contributed by atoms with Crippen LogP contribution in [0.4, 0.5) is 0 Å². The van der Waals surface area contributed by atoms with E-state index in [0.717, 1.165) is 31.2 Å². The molecule has 0 N–H and O–H groups in total. The Kier molecular flexibility index (Phi) is 4.55. The summed E-state index contributed by atoms with van der Waals surface area (Å²) in [6.07, 6.45) is 3.93. The Balaban J connectivity index is 3.34. The van der Waals surface area contributed by atoms with Gasteiger partial charge in [-0.25, -0.2) is 0 Å². The zero-order valence-corrected chi connectivity index (χ0v) is 9.88. The van der Waals surface area contributed by atoms with Crippen LogP contribution in [0.2, 0.25) is 0 Å². The molecule has 0 fully saturated rings. The van der Waals surface area contributed by atoms with Crippen LogP contribution in [-0.2, 0) is 12.8 Å². The molecule has 1 aromatic rings. The van der Waals surface area contributed by atoms with Gasteiger partial charge in [0.15, 0.2) is 0 Å². The number of rotatable bonds is 4. The van der Waals surface area contributed by atoms with Crippen LogP contribution in [0.3, 0.4) is 0 Å². The number of aryl methyl sites for hydroxylation is 1. The van der Waals surface area contributed by atoms with Gasteiger partial charge in [-0.05, 0) is 30.0 Å². The average Bonchev–Trinajstić information content (AvgIpc) is 2.31. The van der Waals surface area contributed by atoms with Crippen molar-refractivity contribution in [3.05, 3.63) is 34.4 Å². The fourth-order valence-corrected chi connectivity index (χ4v) is 1.95. The molecule has 0 aromatic heterocycles. The first-order chi connectivity index (χ1) is 7.78. The Morgan fingerprint density at radius 3 is 2.19 bits per heavy atom. The third-order valence-corrected chi connectivity index (χ3v) is 2.66. The maximum absolute atomic E-state index is 9.15. The number of nitriles is 2. The van der Waals surface area contributed by atoms with E-state index in [1.54, 1.807) is 6.07 Å². The van der Waals surface area contributed by atoms with Gasteiger partial charge in [0, 0.05) is 0 Å². The largest absolute Gasteiger partial charge is 0.192 e. The molecule has 1 rings (SSSR count). The standard InChI is InChI=1S/C14H16N2/c1-3-5-11-7-8-12(9-15)14(10-16)13(11)6-4-2/h7-8H,3-6H2,1-2H3. The lowest BCUT2D eigenvalue weighted by atomic mass is 9.92. The molecule has 0 aliphatic carbocycles. The zero-order chi connectivity index (χ0) is 12.0. The van der Waals surface area contributed by atoms with Crippen molar-refractivity contribution < 1.29 is 0 Å². The highest BCUT2D eigenvalue weighted by Gasteiger charge is 2.11. The molecule has 82 valence electrons. The average molecular weight is 212 g/mol. The van der Waals surface area contributed by atoms with Crippen molar-refractivity contribution in [3.8, 4) is 12.1 Å². The first-order valence-corrected chi connectivity index (χ1v) is 5.73. The number of hydrogen-bond acceptors (Lipinski definition) is 2. The minimum Gasteiger partial charge on any atom is -0.192 e. The molecule has 16 heavy (non-hydrogen) atoms. The fraction of sp³-hybridized carbons (Fsp3) is 0.429. The van der Waals surface area contributed by atoms with Gasteiger partial charge < -0.3 is 0 Å². The summed E-state index contributed by atoms with van der Waals surface area (Å²) >= 11 is 0. The van der Waals surface area contributed by atoms with E-state index in [9.17, 15) is 0 Å². The quantitative estimate of drug-likeness (QED) is 0.768. The van der Waals surface area contributed by atoms with E-state index < -0.39 is 0 Å². The van der Waals surface area contributed by atoms with Crippen LogP contribution in [0.1, 0.15) is 48.9 Å². The lowest BCUT2D eigenvalue weighted by Crippen LogP contribution is -2.00. The number of hydrogen-bond donors (Lipinski definition) is 0. The molecule has 1 aromatic carbocycles. The maximum atomic E-state index is 9.15. The number of benzene rings is 1. The summed E-state index contributed by atoms with van der Waals surface area (Å²) < 4.78 is 0. The van der Waals surface area contributed by atoms with Crippen molar-refractivity contribution in [2.45, 2.75) is 39.5 Å². The Bertz CT molecular complexity index is 447. The molecule has 0 saturated carbocycles. The molecule has 0 spiro atoms. The minimum atomic E-state index is 0.505. The fourth-order valence-electron chi connectivity index (χ4n) is 1.95. The normalized spacial score (nSPS) is 9.50. The predicted octanol–water partition coefficient (Wildman–Crippen LogP) is 3.33. The summed E-state index contributed by atoms with van der Waals surface area (Å²) in [5.74, 6) is 0. The molecule has 0 radical (unpaired) electrons. The third-order valence-electron chi connectivity index (χ3n) is 2.66. The van der Waals surface area contributed by atoms with E-state index in [1.165, 1.54) is 5.56 Å². The Morgan fingerprint density at radius 2 is 1.69 bits per heavy atom.